The fourth-order valence-electron chi connectivity index (χ4n) is 2.08. The highest BCUT2D eigenvalue weighted by Crippen LogP contribution is 2.37. The molecule has 1 saturated carbocycles. The van der Waals surface area contributed by atoms with Gasteiger partial charge in [0.15, 0.2) is 0 Å². The monoisotopic (exact) mass is 314 g/mol. The van der Waals surface area contributed by atoms with Crippen LogP contribution >= 0.6 is 15.9 Å². The topological polar surface area (TPSA) is 29.3 Å². The number of hydrogen-bond donors (Lipinski definition) is 1. The molecule has 1 aromatic carbocycles. The van der Waals surface area contributed by atoms with Crippen LogP contribution in [0.3, 0.4) is 0 Å². The summed E-state index contributed by atoms with van der Waals surface area (Å²) in [4.78, 5) is 2.27. The molecule has 1 fully saturated rings. The third-order valence-electron chi connectivity index (χ3n) is 3.31. The van der Waals surface area contributed by atoms with E-state index in [1.807, 2.05) is 0 Å². The molecule has 0 saturated heterocycles. The number of hydrogen-bond acceptors (Lipinski definition) is 2. The number of nitrogens with two attached hydrogens (primary N) is 1. The molecule has 1 aliphatic carbocycles. The molecule has 0 atom stereocenters. The first-order valence-electron chi connectivity index (χ1n) is 6.50. The Kier molecular flexibility index (Phi) is 4.15. The van der Waals surface area contributed by atoms with Crippen molar-refractivity contribution in [3.63, 3.8) is 0 Å². The van der Waals surface area contributed by atoms with Gasteiger partial charge in [0, 0.05) is 18.7 Å². The maximum absolute atomic E-state index is 13.7. The summed E-state index contributed by atoms with van der Waals surface area (Å²) in [5, 5.41) is 0. The number of nitrogens with zero attached hydrogens (tertiary/aromatic N) is 1. The molecule has 0 radical (unpaired) electrons. The number of halogens is 2. The van der Waals surface area contributed by atoms with Crippen LogP contribution < -0.4 is 10.6 Å². The van der Waals surface area contributed by atoms with E-state index in [1.54, 1.807) is 12.1 Å². The summed E-state index contributed by atoms with van der Waals surface area (Å²) in [6, 6.07) is 3.76. The average Bonchev–Trinajstić information content (AvgIpc) is 3.09. The summed E-state index contributed by atoms with van der Waals surface area (Å²) in [6.45, 7) is 5.36. The zero-order valence-corrected chi connectivity index (χ0v) is 12.5. The highest BCUT2D eigenvalue weighted by atomic mass is 79.9. The molecular formula is C14H20BrFN2. The van der Waals surface area contributed by atoms with Gasteiger partial charge in [-0.25, -0.2) is 4.39 Å². The molecule has 1 aromatic rings. The molecule has 18 heavy (non-hydrogen) atoms. The minimum atomic E-state index is -0.241. The Hall–Kier alpha value is -0.770. The summed E-state index contributed by atoms with van der Waals surface area (Å²) in [5.74, 6) is 0.405. The second-order valence-electron chi connectivity index (χ2n) is 5.43. The van der Waals surface area contributed by atoms with E-state index in [2.05, 4.69) is 34.7 Å². The molecule has 0 spiro atoms. The Balaban J connectivity index is 2.22. The zero-order chi connectivity index (χ0) is 13.3. The van der Waals surface area contributed by atoms with Crippen molar-refractivity contribution in [1.29, 1.82) is 0 Å². The summed E-state index contributed by atoms with van der Waals surface area (Å²) >= 11 is 3.17. The second kappa shape index (κ2) is 5.47. The normalized spacial score (nSPS) is 15.2. The molecule has 0 aliphatic heterocycles. The van der Waals surface area contributed by atoms with Crippen LogP contribution in [0.25, 0.3) is 0 Å². The molecule has 0 aromatic heterocycles. The molecule has 4 heteroatoms. The van der Waals surface area contributed by atoms with Gasteiger partial charge in [-0.2, -0.15) is 0 Å². The van der Waals surface area contributed by atoms with E-state index in [4.69, 9.17) is 5.73 Å². The van der Waals surface area contributed by atoms with E-state index < -0.39 is 0 Å². The molecule has 2 rings (SSSR count). The van der Waals surface area contributed by atoms with Gasteiger partial charge in [-0.05, 0) is 47.2 Å². The Labute approximate surface area is 116 Å². The first kappa shape index (κ1) is 13.7. The maximum Gasteiger partial charge on any atom is 0.139 e. The van der Waals surface area contributed by atoms with Gasteiger partial charge in [0.25, 0.3) is 0 Å². The fraction of sp³-hybridized carbons (Fsp3) is 0.571. The van der Waals surface area contributed by atoms with Crippen LogP contribution in [0, 0.1) is 11.7 Å². The quantitative estimate of drug-likeness (QED) is 0.826. The predicted molar refractivity (Wildman–Crippen MR) is 78.3 cm³/mol. The summed E-state index contributed by atoms with van der Waals surface area (Å²) < 4.78 is 14.1. The van der Waals surface area contributed by atoms with Gasteiger partial charge >= 0.3 is 0 Å². The Bertz CT molecular complexity index is 430. The Morgan fingerprint density at radius 1 is 1.44 bits per heavy atom. The van der Waals surface area contributed by atoms with Crippen LogP contribution in [0.5, 0.6) is 0 Å². The highest BCUT2D eigenvalue weighted by Gasteiger charge is 2.30. The Morgan fingerprint density at radius 2 is 2.11 bits per heavy atom. The van der Waals surface area contributed by atoms with Crippen molar-refractivity contribution in [3.05, 3.63) is 22.4 Å². The minimum absolute atomic E-state index is 0.241. The van der Waals surface area contributed by atoms with Crippen LogP contribution in [-0.2, 0) is 0 Å². The predicted octanol–water partition coefficient (Wildman–Crippen LogP) is 4.19. The first-order chi connectivity index (χ1) is 8.49. The lowest BCUT2D eigenvalue weighted by molar-refractivity contribution is 0.569. The zero-order valence-electron chi connectivity index (χ0n) is 10.9. The van der Waals surface area contributed by atoms with Crippen LogP contribution in [-0.4, -0.2) is 12.6 Å². The van der Waals surface area contributed by atoms with Crippen LogP contribution in [0.4, 0.5) is 15.8 Å². The number of benzene rings is 1. The molecule has 0 amide bonds. The summed E-state index contributed by atoms with van der Waals surface area (Å²) in [5.41, 5.74) is 7.52. The van der Waals surface area contributed by atoms with Gasteiger partial charge in [0.1, 0.15) is 5.82 Å². The van der Waals surface area contributed by atoms with Crippen molar-refractivity contribution in [2.75, 3.05) is 17.2 Å². The van der Waals surface area contributed by atoms with Gasteiger partial charge in [0.2, 0.25) is 0 Å². The van der Waals surface area contributed by atoms with Gasteiger partial charge in [-0.1, -0.05) is 13.8 Å². The smallest absolute Gasteiger partial charge is 0.139 e. The largest absolute Gasteiger partial charge is 0.397 e. The van der Waals surface area contributed by atoms with Crippen molar-refractivity contribution in [2.24, 2.45) is 5.92 Å². The molecule has 0 bridgehead atoms. The standard InChI is InChI=1S/C14H20BrFN2/c1-9(2)5-6-18(10-3-4-10)14-8-12(16)11(15)7-13(14)17/h7-10H,3-6,17H2,1-2H3. The third kappa shape index (κ3) is 3.16. The molecular weight excluding hydrogens is 295 g/mol. The lowest BCUT2D eigenvalue weighted by Crippen LogP contribution is -2.28. The minimum Gasteiger partial charge on any atom is -0.397 e. The van der Waals surface area contributed by atoms with Gasteiger partial charge in [-0.3, -0.25) is 0 Å². The summed E-state index contributed by atoms with van der Waals surface area (Å²) in [6.07, 6.45) is 3.48. The van der Waals surface area contributed by atoms with E-state index in [0.717, 1.165) is 18.7 Å². The van der Waals surface area contributed by atoms with Crippen molar-refractivity contribution < 1.29 is 4.39 Å². The van der Waals surface area contributed by atoms with Gasteiger partial charge < -0.3 is 10.6 Å². The SMILES string of the molecule is CC(C)CCN(c1cc(F)c(Br)cc1N)C1CC1. The van der Waals surface area contributed by atoms with Crippen molar-refractivity contribution in [1.82, 2.24) is 0 Å². The van der Waals surface area contributed by atoms with Crippen molar-refractivity contribution >= 4 is 27.3 Å². The molecule has 0 unspecified atom stereocenters. The van der Waals surface area contributed by atoms with Crippen molar-refractivity contribution in [2.45, 2.75) is 39.2 Å². The molecule has 2 N–H and O–H groups in total. The third-order valence-corrected chi connectivity index (χ3v) is 3.92. The number of anilines is 2. The van der Waals surface area contributed by atoms with E-state index >= 15 is 0 Å². The van der Waals surface area contributed by atoms with Crippen LogP contribution in [0.1, 0.15) is 33.1 Å². The maximum atomic E-state index is 13.7. The van der Waals surface area contributed by atoms with Crippen LogP contribution in [0.15, 0.2) is 16.6 Å². The van der Waals surface area contributed by atoms with Crippen LogP contribution in [0.2, 0.25) is 0 Å². The molecule has 100 valence electrons. The fourth-order valence-corrected chi connectivity index (χ4v) is 2.44. The average molecular weight is 315 g/mol. The van der Waals surface area contributed by atoms with E-state index in [1.165, 1.54) is 12.8 Å². The molecule has 1 aliphatic rings. The summed E-state index contributed by atoms with van der Waals surface area (Å²) in [7, 11) is 0. The van der Waals surface area contributed by atoms with E-state index in [-0.39, 0.29) is 5.82 Å². The van der Waals surface area contributed by atoms with Crippen molar-refractivity contribution in [3.8, 4) is 0 Å². The Morgan fingerprint density at radius 3 is 2.67 bits per heavy atom. The lowest BCUT2D eigenvalue weighted by atomic mass is 10.1. The molecule has 0 heterocycles. The van der Waals surface area contributed by atoms with Gasteiger partial charge in [0.05, 0.1) is 15.8 Å². The van der Waals surface area contributed by atoms with E-state index in [0.29, 0.717) is 22.1 Å². The lowest BCUT2D eigenvalue weighted by Gasteiger charge is -2.27. The highest BCUT2D eigenvalue weighted by molar-refractivity contribution is 9.10. The first-order valence-corrected chi connectivity index (χ1v) is 7.29. The number of rotatable bonds is 5. The van der Waals surface area contributed by atoms with E-state index in [9.17, 15) is 4.39 Å². The number of nitrogen functional groups attached to an aromatic ring is 1. The molecule has 2 nitrogen and oxygen atoms in total. The van der Waals surface area contributed by atoms with Gasteiger partial charge in [-0.15, -0.1) is 0 Å². The second-order valence-corrected chi connectivity index (χ2v) is 6.29.